The number of anilines is 2. The molecule has 190 valence electrons. The number of methoxy groups -OCH3 is 1. The number of aliphatic carboxylic acids is 1. The van der Waals surface area contributed by atoms with Crippen molar-refractivity contribution in [1.82, 2.24) is 4.98 Å². The number of nitrogens with one attached hydrogen (secondary N) is 1. The number of ether oxygens (including phenoxy) is 1. The van der Waals surface area contributed by atoms with Crippen LogP contribution in [0, 0.1) is 0 Å². The Hall–Kier alpha value is -4.11. The summed E-state index contributed by atoms with van der Waals surface area (Å²) in [5, 5.41) is 14.6. The van der Waals surface area contributed by atoms with Gasteiger partial charge in [0.1, 0.15) is 11.6 Å². The molecule has 5 rings (SSSR count). The van der Waals surface area contributed by atoms with Gasteiger partial charge in [-0.3, -0.25) is 9.10 Å². The Morgan fingerprint density at radius 1 is 1.08 bits per heavy atom. The quantitative estimate of drug-likeness (QED) is 0.321. The van der Waals surface area contributed by atoms with Gasteiger partial charge in [0.15, 0.2) is 0 Å². The van der Waals surface area contributed by atoms with Crippen LogP contribution in [0.4, 0.5) is 11.5 Å². The summed E-state index contributed by atoms with van der Waals surface area (Å²) < 4.78 is 33.9. The highest BCUT2D eigenvalue weighted by Gasteiger charge is 2.37. The number of benzene rings is 3. The molecule has 0 saturated heterocycles. The monoisotopic (exact) mass is 517 g/mol. The van der Waals surface area contributed by atoms with Crippen LogP contribution < -0.4 is 14.4 Å². The lowest BCUT2D eigenvalue weighted by Crippen LogP contribution is -2.30. The van der Waals surface area contributed by atoms with E-state index < -0.39 is 16.0 Å². The summed E-state index contributed by atoms with van der Waals surface area (Å²) in [4.78, 5) is 15.8. The van der Waals surface area contributed by atoms with Gasteiger partial charge in [0.2, 0.25) is 0 Å². The summed E-state index contributed by atoms with van der Waals surface area (Å²) in [7, 11) is -2.29. The molecule has 9 heteroatoms. The van der Waals surface area contributed by atoms with Crippen molar-refractivity contribution < 1.29 is 23.1 Å². The van der Waals surface area contributed by atoms with Crippen LogP contribution in [-0.4, -0.2) is 38.1 Å². The van der Waals surface area contributed by atoms with Crippen molar-refractivity contribution in [2.75, 3.05) is 23.3 Å². The van der Waals surface area contributed by atoms with Crippen LogP contribution in [0.1, 0.15) is 29.9 Å². The van der Waals surface area contributed by atoms with E-state index in [1.807, 2.05) is 36.5 Å². The summed E-state index contributed by atoms with van der Waals surface area (Å²) in [6.07, 6.45) is 2.12. The Labute approximate surface area is 215 Å². The summed E-state index contributed by atoms with van der Waals surface area (Å²) >= 11 is 0. The number of carboxylic acids is 1. The summed E-state index contributed by atoms with van der Waals surface area (Å²) in [5.74, 6) is 0.214. The first kappa shape index (κ1) is 24.6. The highest BCUT2D eigenvalue weighted by atomic mass is 32.2. The highest BCUT2D eigenvalue weighted by molar-refractivity contribution is 7.92. The lowest BCUT2D eigenvalue weighted by Gasteiger charge is -2.20. The Kier molecular flexibility index (Phi) is 6.71. The predicted molar refractivity (Wildman–Crippen MR) is 143 cm³/mol. The lowest BCUT2D eigenvalue weighted by molar-refractivity contribution is -0.137. The fourth-order valence-corrected chi connectivity index (χ4v) is 6.20. The minimum absolute atomic E-state index is 0.0387. The molecule has 0 saturated carbocycles. The third kappa shape index (κ3) is 5.08. The molecule has 1 aliphatic rings. The number of rotatable bonds is 9. The first-order chi connectivity index (χ1) is 17.8. The fraction of sp³-hybridized carbons (Fsp3) is 0.214. The molecule has 0 amide bonds. The Balaban J connectivity index is 1.33. The van der Waals surface area contributed by atoms with Gasteiger partial charge in [-0.2, -0.15) is 0 Å². The number of hydrogen-bond acceptors (Lipinski definition) is 6. The molecule has 2 heterocycles. The molecule has 1 atom stereocenters. The molecule has 0 aliphatic carbocycles. The van der Waals surface area contributed by atoms with Crippen LogP contribution in [0.5, 0.6) is 5.75 Å². The molecule has 37 heavy (non-hydrogen) atoms. The van der Waals surface area contributed by atoms with E-state index in [2.05, 4.69) is 10.3 Å². The number of fused-ring (bicyclic) bond motifs is 2. The zero-order valence-electron chi connectivity index (χ0n) is 20.3. The summed E-state index contributed by atoms with van der Waals surface area (Å²) in [6, 6.07) is 22.0. The van der Waals surface area contributed by atoms with Crippen LogP contribution in [0.15, 0.2) is 83.9 Å². The summed E-state index contributed by atoms with van der Waals surface area (Å²) in [6.45, 7) is 0.685. The molecular weight excluding hydrogens is 490 g/mol. The Bertz CT molecular complexity index is 1550. The van der Waals surface area contributed by atoms with Crippen molar-refractivity contribution in [3.8, 4) is 5.75 Å². The molecule has 0 bridgehead atoms. The maximum atomic E-state index is 13.6. The van der Waals surface area contributed by atoms with Gasteiger partial charge < -0.3 is 15.2 Å². The van der Waals surface area contributed by atoms with Gasteiger partial charge in [-0.15, -0.1) is 0 Å². The molecule has 0 radical (unpaired) electrons. The maximum absolute atomic E-state index is 13.6. The zero-order chi connectivity index (χ0) is 26.0. The van der Waals surface area contributed by atoms with Gasteiger partial charge in [-0.05, 0) is 59.3 Å². The molecular formula is C28H27N3O5S. The van der Waals surface area contributed by atoms with Gasteiger partial charge in [-0.1, -0.05) is 36.4 Å². The number of nitrogens with zero attached hydrogens (tertiary/aromatic N) is 2. The largest absolute Gasteiger partial charge is 0.497 e. The minimum atomic E-state index is -3.84. The molecule has 3 aromatic carbocycles. The topological polar surface area (TPSA) is 109 Å². The first-order valence-corrected chi connectivity index (χ1v) is 13.4. The van der Waals surface area contributed by atoms with Gasteiger partial charge in [0.25, 0.3) is 10.0 Å². The third-order valence-electron chi connectivity index (χ3n) is 6.65. The second kappa shape index (κ2) is 10.1. The van der Waals surface area contributed by atoms with Crippen molar-refractivity contribution >= 4 is 38.3 Å². The van der Waals surface area contributed by atoms with Gasteiger partial charge in [-0.25, -0.2) is 13.4 Å². The number of carbonyl (C=O) groups is 1. The molecule has 1 aromatic heterocycles. The molecule has 1 unspecified atom stereocenters. The van der Waals surface area contributed by atoms with E-state index in [1.165, 1.54) is 4.31 Å². The third-order valence-corrected chi connectivity index (χ3v) is 8.45. The summed E-state index contributed by atoms with van der Waals surface area (Å²) in [5.41, 5.74) is 2.26. The van der Waals surface area contributed by atoms with Crippen molar-refractivity contribution in [3.63, 3.8) is 0 Å². The van der Waals surface area contributed by atoms with E-state index >= 15 is 0 Å². The number of aromatic nitrogens is 1. The minimum Gasteiger partial charge on any atom is -0.497 e. The number of pyridine rings is 1. The van der Waals surface area contributed by atoms with E-state index in [0.717, 1.165) is 27.7 Å². The maximum Gasteiger partial charge on any atom is 0.303 e. The van der Waals surface area contributed by atoms with E-state index in [1.54, 1.807) is 49.6 Å². The van der Waals surface area contributed by atoms with Crippen molar-refractivity contribution in [1.29, 1.82) is 0 Å². The Morgan fingerprint density at radius 3 is 2.57 bits per heavy atom. The number of carboxylic acid groups (broad SMARTS) is 1. The van der Waals surface area contributed by atoms with Crippen LogP contribution in [0.3, 0.4) is 0 Å². The van der Waals surface area contributed by atoms with E-state index in [9.17, 15) is 13.2 Å². The average molecular weight is 518 g/mol. The molecule has 0 fully saturated rings. The highest BCUT2D eigenvalue weighted by Crippen LogP contribution is 2.43. The number of hydrogen-bond donors (Lipinski definition) is 2. The second-order valence-electron chi connectivity index (χ2n) is 9.00. The Morgan fingerprint density at radius 2 is 1.84 bits per heavy atom. The van der Waals surface area contributed by atoms with E-state index in [4.69, 9.17) is 9.84 Å². The van der Waals surface area contributed by atoms with E-state index in [0.29, 0.717) is 24.4 Å². The van der Waals surface area contributed by atoms with Crippen molar-refractivity contribution in [2.45, 2.75) is 30.2 Å². The van der Waals surface area contributed by atoms with Gasteiger partial charge in [0, 0.05) is 37.0 Å². The van der Waals surface area contributed by atoms with Crippen LogP contribution in [0.25, 0.3) is 10.8 Å². The molecule has 0 spiro atoms. The number of sulfonamides is 1. The van der Waals surface area contributed by atoms with Gasteiger partial charge in [0.05, 0.1) is 17.7 Å². The van der Waals surface area contributed by atoms with Crippen LogP contribution in [0.2, 0.25) is 0 Å². The zero-order valence-corrected chi connectivity index (χ0v) is 21.1. The van der Waals surface area contributed by atoms with E-state index in [-0.39, 0.29) is 23.8 Å². The fourth-order valence-electron chi connectivity index (χ4n) is 4.66. The standard InChI is InChI=1S/C28H27N3O5S/c1-36-23-9-12-26-25(15-23)22(8-13-28(32)33)18-31(26)37(34,35)24-10-6-19(7-11-24)16-29-27-14-20-4-2-3-5-21(20)17-30-27/h2-7,9-12,14-15,17,22H,8,13,16,18H2,1H3,(H,29,30)(H,32,33). The lowest BCUT2D eigenvalue weighted by atomic mass is 9.96. The van der Waals surface area contributed by atoms with Crippen LogP contribution in [-0.2, 0) is 21.4 Å². The SMILES string of the molecule is COc1ccc2c(c1)C(CCC(=O)O)CN2S(=O)(=O)c1ccc(CNc2cc3ccccc3cn2)cc1. The van der Waals surface area contributed by atoms with Crippen LogP contribution >= 0.6 is 0 Å². The molecule has 1 aliphatic heterocycles. The van der Waals surface area contributed by atoms with Crippen molar-refractivity contribution in [3.05, 3.63) is 90.1 Å². The second-order valence-corrected chi connectivity index (χ2v) is 10.9. The molecule has 8 nitrogen and oxygen atoms in total. The molecule has 2 N–H and O–H groups in total. The molecule has 4 aromatic rings. The smallest absolute Gasteiger partial charge is 0.303 e. The predicted octanol–water partition coefficient (Wildman–Crippen LogP) is 5.01. The van der Waals surface area contributed by atoms with Gasteiger partial charge >= 0.3 is 5.97 Å². The normalized spacial score (nSPS) is 14.9. The van der Waals surface area contributed by atoms with Crippen molar-refractivity contribution in [2.24, 2.45) is 0 Å². The average Bonchev–Trinajstić information content (AvgIpc) is 3.29. The first-order valence-electron chi connectivity index (χ1n) is 12.0.